The first kappa shape index (κ1) is 19.3. The van der Waals surface area contributed by atoms with Crippen LogP contribution in [-0.2, 0) is 6.54 Å². The van der Waals surface area contributed by atoms with Crippen LogP contribution in [0.4, 0.5) is 5.82 Å². The lowest BCUT2D eigenvalue weighted by molar-refractivity contribution is 0.245. The number of pyridine rings is 1. The number of nitrogens with zero attached hydrogens (tertiary/aromatic N) is 4. The summed E-state index contributed by atoms with van der Waals surface area (Å²) in [4.78, 5) is 15.1. The number of hydrogen-bond acceptors (Lipinski definition) is 6. The topological polar surface area (TPSA) is 45.4 Å². The summed E-state index contributed by atoms with van der Waals surface area (Å²) in [6.07, 6.45) is 3.78. The van der Waals surface area contributed by atoms with Gasteiger partial charge in [0.2, 0.25) is 5.89 Å². The van der Waals surface area contributed by atoms with Gasteiger partial charge in [0.15, 0.2) is 0 Å². The van der Waals surface area contributed by atoms with Crippen LogP contribution in [0.1, 0.15) is 11.5 Å². The summed E-state index contributed by atoms with van der Waals surface area (Å²) >= 11 is 7.66. The molecule has 1 fully saturated rings. The molecule has 3 aromatic rings. The number of anilines is 1. The van der Waals surface area contributed by atoms with Gasteiger partial charge < -0.3 is 9.32 Å². The van der Waals surface area contributed by atoms with Gasteiger partial charge in [-0.15, -0.1) is 11.8 Å². The minimum Gasteiger partial charge on any atom is -0.441 e. The van der Waals surface area contributed by atoms with E-state index in [1.807, 2.05) is 19.1 Å². The highest BCUT2D eigenvalue weighted by atomic mass is 35.5. The first-order valence-electron chi connectivity index (χ1n) is 9.32. The summed E-state index contributed by atoms with van der Waals surface area (Å²) < 4.78 is 5.94. The maximum Gasteiger partial charge on any atom is 0.226 e. The summed E-state index contributed by atoms with van der Waals surface area (Å²) in [6, 6.07) is 12.2. The second-order valence-corrected chi connectivity index (χ2v) is 8.16. The van der Waals surface area contributed by atoms with Crippen LogP contribution in [0.3, 0.4) is 0 Å². The van der Waals surface area contributed by atoms with E-state index in [1.165, 1.54) is 4.90 Å². The molecule has 0 bridgehead atoms. The maximum absolute atomic E-state index is 5.94. The van der Waals surface area contributed by atoms with Gasteiger partial charge in [-0.3, -0.25) is 4.90 Å². The fraction of sp³-hybridized carbons (Fsp3) is 0.333. The summed E-state index contributed by atoms with van der Waals surface area (Å²) in [7, 11) is 0. The van der Waals surface area contributed by atoms with Gasteiger partial charge in [0.05, 0.1) is 10.7 Å². The van der Waals surface area contributed by atoms with Crippen LogP contribution < -0.4 is 4.90 Å². The maximum atomic E-state index is 5.94. The lowest BCUT2D eigenvalue weighted by atomic mass is 10.2. The van der Waals surface area contributed by atoms with Crippen LogP contribution in [0.2, 0.25) is 5.02 Å². The van der Waals surface area contributed by atoms with E-state index in [1.54, 1.807) is 18.0 Å². The Hall–Kier alpha value is -2.02. The van der Waals surface area contributed by atoms with Gasteiger partial charge >= 0.3 is 0 Å². The van der Waals surface area contributed by atoms with Crippen LogP contribution in [0, 0.1) is 6.92 Å². The Balaban J connectivity index is 1.38. The highest BCUT2D eigenvalue weighted by Crippen LogP contribution is 2.25. The molecule has 0 saturated carbocycles. The summed E-state index contributed by atoms with van der Waals surface area (Å²) in [5.41, 5.74) is 2.03. The van der Waals surface area contributed by atoms with E-state index in [9.17, 15) is 0 Å². The number of hydrogen-bond donors (Lipinski definition) is 0. The minimum absolute atomic E-state index is 0.669. The van der Waals surface area contributed by atoms with E-state index in [0.29, 0.717) is 10.9 Å². The monoisotopic (exact) mass is 414 g/mol. The van der Waals surface area contributed by atoms with Crippen LogP contribution >= 0.6 is 23.4 Å². The van der Waals surface area contributed by atoms with Crippen LogP contribution in [0.25, 0.3) is 11.5 Å². The number of thioether (sulfide) groups is 1. The molecule has 0 atom stereocenters. The Bertz CT molecular complexity index is 919. The van der Waals surface area contributed by atoms with Crippen LogP contribution in [-0.4, -0.2) is 47.3 Å². The van der Waals surface area contributed by atoms with Crippen molar-refractivity contribution in [3.8, 4) is 11.5 Å². The molecular weight excluding hydrogens is 392 g/mol. The summed E-state index contributed by atoms with van der Waals surface area (Å²) in [6.45, 7) is 6.61. The fourth-order valence-electron chi connectivity index (χ4n) is 3.33. The lowest BCUT2D eigenvalue weighted by Crippen LogP contribution is -2.46. The summed E-state index contributed by atoms with van der Waals surface area (Å²) in [5.74, 6) is 2.58. The fourth-order valence-corrected chi connectivity index (χ4v) is 3.85. The van der Waals surface area contributed by atoms with E-state index in [2.05, 4.69) is 45.3 Å². The second kappa shape index (κ2) is 8.55. The van der Waals surface area contributed by atoms with E-state index < -0.39 is 0 Å². The van der Waals surface area contributed by atoms with Gasteiger partial charge in [-0.2, -0.15) is 0 Å². The van der Waals surface area contributed by atoms with Gasteiger partial charge in [0, 0.05) is 49.4 Å². The molecule has 2 aromatic heterocycles. The first-order valence-corrected chi connectivity index (χ1v) is 10.9. The number of piperazine rings is 1. The van der Waals surface area contributed by atoms with Crippen molar-refractivity contribution in [1.29, 1.82) is 0 Å². The molecule has 0 N–H and O–H groups in total. The molecule has 0 unspecified atom stereocenters. The van der Waals surface area contributed by atoms with Crippen molar-refractivity contribution in [1.82, 2.24) is 14.9 Å². The van der Waals surface area contributed by atoms with Crippen molar-refractivity contribution >= 4 is 29.2 Å². The molecule has 1 aromatic carbocycles. The molecule has 0 spiro atoms. The average Bonchev–Trinajstić information content (AvgIpc) is 3.09. The molecular formula is C21H23ClN4OS. The highest BCUT2D eigenvalue weighted by Gasteiger charge is 2.21. The Morgan fingerprint density at radius 1 is 1.07 bits per heavy atom. The number of benzene rings is 1. The van der Waals surface area contributed by atoms with E-state index in [-0.39, 0.29) is 0 Å². The first-order chi connectivity index (χ1) is 13.6. The van der Waals surface area contributed by atoms with Gasteiger partial charge in [-0.1, -0.05) is 11.6 Å². The zero-order chi connectivity index (χ0) is 19.5. The van der Waals surface area contributed by atoms with Gasteiger partial charge in [-0.05, 0) is 49.6 Å². The third kappa shape index (κ3) is 4.35. The normalized spacial score (nSPS) is 15.2. The number of rotatable bonds is 5. The predicted molar refractivity (Wildman–Crippen MR) is 115 cm³/mol. The van der Waals surface area contributed by atoms with Gasteiger partial charge in [-0.25, -0.2) is 9.97 Å². The third-order valence-corrected chi connectivity index (χ3v) is 5.98. The molecule has 146 valence electrons. The van der Waals surface area contributed by atoms with E-state index in [0.717, 1.165) is 55.6 Å². The molecule has 4 rings (SSSR count). The van der Waals surface area contributed by atoms with Crippen molar-refractivity contribution < 1.29 is 4.42 Å². The van der Waals surface area contributed by atoms with Crippen LogP contribution in [0.5, 0.6) is 0 Å². The lowest BCUT2D eigenvalue weighted by Gasteiger charge is -2.35. The Labute approximate surface area is 174 Å². The average molecular weight is 415 g/mol. The van der Waals surface area contributed by atoms with Crippen molar-refractivity contribution in [3.63, 3.8) is 0 Å². The largest absolute Gasteiger partial charge is 0.441 e. The molecule has 0 aliphatic carbocycles. The molecule has 0 radical (unpaired) electrons. The number of aromatic nitrogens is 2. The third-order valence-electron chi connectivity index (χ3n) is 5.01. The van der Waals surface area contributed by atoms with Crippen LogP contribution in [0.15, 0.2) is 51.9 Å². The summed E-state index contributed by atoms with van der Waals surface area (Å²) in [5, 5.41) is 0.669. The molecule has 1 aliphatic rings. The molecule has 28 heavy (non-hydrogen) atoms. The molecule has 1 aliphatic heterocycles. The highest BCUT2D eigenvalue weighted by molar-refractivity contribution is 7.98. The predicted octanol–water partition coefficient (Wildman–Crippen LogP) is 4.74. The molecule has 1 saturated heterocycles. The zero-order valence-corrected chi connectivity index (χ0v) is 17.6. The minimum atomic E-state index is 0.669. The second-order valence-electron chi connectivity index (χ2n) is 6.85. The van der Waals surface area contributed by atoms with E-state index in [4.69, 9.17) is 21.0 Å². The standard InChI is InChI=1S/C21H23ClN4OS/c1-15-19(24-21(27-15)16-3-6-18(28-2)7-4-16)14-25-9-11-26(12-10-25)20-8-5-17(22)13-23-20/h3-8,13H,9-12,14H2,1-2H3. The SMILES string of the molecule is CSc1ccc(-c2nc(CN3CCN(c4ccc(Cl)cn4)CC3)c(C)o2)cc1. The Kier molecular flexibility index (Phi) is 5.90. The number of halogens is 1. The van der Waals surface area contributed by atoms with E-state index >= 15 is 0 Å². The van der Waals surface area contributed by atoms with Gasteiger partial charge in [0.1, 0.15) is 11.6 Å². The molecule has 5 nitrogen and oxygen atoms in total. The number of aryl methyl sites for hydroxylation is 1. The molecule has 7 heteroatoms. The van der Waals surface area contributed by atoms with Crippen molar-refractivity contribution in [2.75, 3.05) is 37.3 Å². The molecule has 0 amide bonds. The Morgan fingerprint density at radius 2 is 1.82 bits per heavy atom. The van der Waals surface area contributed by atoms with Crippen molar-refractivity contribution in [2.24, 2.45) is 0 Å². The van der Waals surface area contributed by atoms with Gasteiger partial charge in [0.25, 0.3) is 0 Å². The zero-order valence-electron chi connectivity index (χ0n) is 16.1. The Morgan fingerprint density at radius 3 is 2.46 bits per heavy atom. The quantitative estimate of drug-likeness (QED) is 0.562. The van der Waals surface area contributed by atoms with Crippen molar-refractivity contribution in [2.45, 2.75) is 18.4 Å². The smallest absolute Gasteiger partial charge is 0.226 e. The van der Waals surface area contributed by atoms with Crippen molar-refractivity contribution in [3.05, 3.63) is 59.1 Å². The molecule has 3 heterocycles. The number of oxazole rings is 1.